The number of benzene rings is 2. The van der Waals surface area contributed by atoms with Crippen molar-refractivity contribution in [3.63, 3.8) is 0 Å². The smallest absolute Gasteiger partial charge is 0.282 e. The quantitative estimate of drug-likeness (QED) is 0.530. The van der Waals surface area contributed by atoms with E-state index in [4.69, 9.17) is 4.55 Å². The fourth-order valence-corrected chi connectivity index (χ4v) is 2.65. The molecule has 118 valence electrons. The van der Waals surface area contributed by atoms with Crippen LogP contribution in [0.25, 0.3) is 0 Å². The Morgan fingerprint density at radius 1 is 0.818 bits per heavy atom. The molecule has 0 unspecified atom stereocenters. The van der Waals surface area contributed by atoms with Crippen molar-refractivity contribution in [2.45, 2.75) is 17.7 Å². The molecule has 0 spiro atoms. The van der Waals surface area contributed by atoms with E-state index in [1.807, 2.05) is 0 Å². The summed E-state index contributed by atoms with van der Waals surface area (Å²) in [4.78, 5) is -2.02. The molecule has 2 rings (SSSR count). The van der Waals surface area contributed by atoms with Gasteiger partial charge in [0.05, 0.1) is 0 Å². The maximum atomic E-state index is 13.8. The number of rotatable bonds is 4. The second-order valence-corrected chi connectivity index (χ2v) is 5.88. The molecule has 0 aliphatic heterocycles. The topological polar surface area (TPSA) is 54.4 Å². The normalized spacial score (nSPS) is 11.7. The molecule has 0 amide bonds. The molecule has 0 aromatic heterocycles. The van der Waals surface area contributed by atoms with Crippen LogP contribution in [0.3, 0.4) is 0 Å². The summed E-state index contributed by atoms with van der Waals surface area (Å²) < 4.78 is 85.0. The number of hydrogen-bond acceptors (Lipinski definition) is 2. The first kappa shape index (κ1) is 16.4. The molecule has 2 aromatic carbocycles. The van der Waals surface area contributed by atoms with Crippen LogP contribution in [0.5, 0.6) is 0 Å². The van der Waals surface area contributed by atoms with Gasteiger partial charge in [-0.15, -0.1) is 0 Å². The van der Waals surface area contributed by atoms with Gasteiger partial charge in [0.1, 0.15) is 0 Å². The third-order valence-electron chi connectivity index (χ3n) is 3.08. The molecule has 8 heteroatoms. The zero-order valence-corrected chi connectivity index (χ0v) is 11.8. The molecule has 0 saturated heterocycles. The largest absolute Gasteiger partial charge is 0.300 e. The van der Waals surface area contributed by atoms with Gasteiger partial charge >= 0.3 is 10.1 Å². The van der Waals surface area contributed by atoms with Crippen molar-refractivity contribution < 1.29 is 30.5 Å². The number of hydrogen-bond donors (Lipinski definition) is 1. The van der Waals surface area contributed by atoms with Gasteiger partial charge < -0.3 is 0 Å². The van der Waals surface area contributed by atoms with Gasteiger partial charge in [0.2, 0.25) is 0 Å². The lowest BCUT2D eigenvalue weighted by Gasteiger charge is -2.10. The monoisotopic (exact) mass is 334 g/mol. The Morgan fingerprint density at radius 3 is 1.77 bits per heavy atom. The van der Waals surface area contributed by atoms with Crippen LogP contribution in [-0.4, -0.2) is 13.0 Å². The van der Waals surface area contributed by atoms with Gasteiger partial charge in [-0.3, -0.25) is 4.55 Å². The molecule has 0 radical (unpaired) electrons. The van der Waals surface area contributed by atoms with Gasteiger partial charge in [0.25, 0.3) is 0 Å². The molecule has 0 saturated carbocycles. The molecule has 0 aliphatic carbocycles. The number of aryl methyl sites for hydroxylation is 1. The minimum absolute atomic E-state index is 0.0960. The first-order valence-corrected chi connectivity index (χ1v) is 7.53. The Labute approximate surface area is 124 Å². The van der Waals surface area contributed by atoms with Crippen molar-refractivity contribution in [1.29, 1.82) is 0 Å². The molecular formula is C14H10F4O3S. The average Bonchev–Trinajstić information content (AvgIpc) is 2.45. The molecule has 3 nitrogen and oxygen atoms in total. The van der Waals surface area contributed by atoms with E-state index in [0.717, 1.165) is 0 Å². The Morgan fingerprint density at radius 2 is 1.32 bits per heavy atom. The summed E-state index contributed by atoms with van der Waals surface area (Å²) in [6, 6.07) is 8.42. The average molecular weight is 334 g/mol. The highest BCUT2D eigenvalue weighted by atomic mass is 32.2. The lowest BCUT2D eigenvalue weighted by Crippen LogP contribution is -2.13. The summed E-state index contributed by atoms with van der Waals surface area (Å²) in [6.45, 7) is 0. The van der Waals surface area contributed by atoms with Gasteiger partial charge in [0.15, 0.2) is 28.2 Å². The van der Waals surface area contributed by atoms with E-state index in [-0.39, 0.29) is 12.8 Å². The Bertz CT molecular complexity index is 776. The molecule has 0 bridgehead atoms. The molecule has 22 heavy (non-hydrogen) atoms. The fourth-order valence-electron chi connectivity index (χ4n) is 2.02. The van der Waals surface area contributed by atoms with Crippen LogP contribution in [0.2, 0.25) is 0 Å². The van der Waals surface area contributed by atoms with Gasteiger partial charge in [0, 0.05) is 5.56 Å². The second kappa shape index (κ2) is 6.05. The van der Waals surface area contributed by atoms with Crippen molar-refractivity contribution in [2.75, 3.05) is 0 Å². The summed E-state index contributed by atoms with van der Waals surface area (Å²) in [5.74, 6) is -7.93. The SMILES string of the molecule is O=S(=O)(O)c1c(F)c(F)c(CCc2ccccc2)c(F)c1F. The van der Waals surface area contributed by atoms with E-state index >= 15 is 0 Å². The summed E-state index contributed by atoms with van der Waals surface area (Å²) in [6.07, 6.45) is -0.278. The van der Waals surface area contributed by atoms with Crippen LogP contribution < -0.4 is 0 Å². The first-order valence-electron chi connectivity index (χ1n) is 6.09. The number of halogens is 4. The molecular weight excluding hydrogens is 324 g/mol. The van der Waals surface area contributed by atoms with Gasteiger partial charge in [-0.1, -0.05) is 30.3 Å². The first-order chi connectivity index (χ1) is 10.2. The van der Waals surface area contributed by atoms with Crippen LogP contribution in [-0.2, 0) is 23.0 Å². The highest BCUT2D eigenvalue weighted by Crippen LogP contribution is 2.28. The summed E-state index contributed by atoms with van der Waals surface area (Å²) in [5, 5.41) is 0. The van der Waals surface area contributed by atoms with Crippen molar-refractivity contribution >= 4 is 10.1 Å². The van der Waals surface area contributed by atoms with Gasteiger partial charge in [-0.2, -0.15) is 8.42 Å². The van der Waals surface area contributed by atoms with E-state index in [1.54, 1.807) is 30.3 Å². The third-order valence-corrected chi connectivity index (χ3v) is 3.95. The van der Waals surface area contributed by atoms with Crippen LogP contribution in [0.15, 0.2) is 35.2 Å². The Balaban J connectivity index is 2.46. The Kier molecular flexibility index (Phi) is 4.52. The van der Waals surface area contributed by atoms with E-state index < -0.39 is 43.8 Å². The lowest BCUT2D eigenvalue weighted by molar-refractivity contribution is 0.394. The highest BCUT2D eigenvalue weighted by Gasteiger charge is 2.31. The van der Waals surface area contributed by atoms with E-state index in [0.29, 0.717) is 5.56 Å². The molecule has 0 fully saturated rings. The molecule has 0 atom stereocenters. The van der Waals surface area contributed by atoms with Crippen molar-refractivity contribution in [3.8, 4) is 0 Å². The maximum absolute atomic E-state index is 13.8. The molecule has 2 aromatic rings. The third kappa shape index (κ3) is 3.12. The van der Waals surface area contributed by atoms with Crippen LogP contribution in [0, 0.1) is 23.3 Å². The highest BCUT2D eigenvalue weighted by molar-refractivity contribution is 7.85. The standard InChI is InChI=1S/C14H10F4O3S/c15-10-9(7-6-8-4-2-1-3-5-8)11(16)13(18)14(12(10)17)22(19,20)21/h1-5H,6-7H2,(H,19,20,21). The molecule has 0 aliphatic rings. The van der Waals surface area contributed by atoms with E-state index in [1.165, 1.54) is 0 Å². The maximum Gasteiger partial charge on any atom is 0.300 e. The molecule has 0 heterocycles. The van der Waals surface area contributed by atoms with Crippen LogP contribution in [0.4, 0.5) is 17.6 Å². The zero-order valence-electron chi connectivity index (χ0n) is 11.0. The van der Waals surface area contributed by atoms with Crippen molar-refractivity contribution in [3.05, 3.63) is 64.7 Å². The summed E-state index contributed by atoms with van der Waals surface area (Å²) in [5.41, 5.74) is -0.229. The minimum atomic E-state index is -5.42. The van der Waals surface area contributed by atoms with Crippen molar-refractivity contribution in [1.82, 2.24) is 0 Å². The van der Waals surface area contributed by atoms with Crippen molar-refractivity contribution in [2.24, 2.45) is 0 Å². The van der Waals surface area contributed by atoms with E-state index in [2.05, 4.69) is 0 Å². The zero-order chi connectivity index (χ0) is 16.5. The predicted octanol–water partition coefficient (Wildman–Crippen LogP) is 3.27. The minimum Gasteiger partial charge on any atom is -0.282 e. The Hall–Kier alpha value is -1.93. The van der Waals surface area contributed by atoms with Gasteiger partial charge in [-0.25, -0.2) is 17.6 Å². The van der Waals surface area contributed by atoms with E-state index in [9.17, 15) is 26.0 Å². The second-order valence-electron chi connectivity index (χ2n) is 4.52. The van der Waals surface area contributed by atoms with Gasteiger partial charge in [-0.05, 0) is 18.4 Å². The summed E-state index contributed by atoms with van der Waals surface area (Å²) in [7, 11) is -5.42. The molecule has 1 N–H and O–H groups in total. The fraction of sp³-hybridized carbons (Fsp3) is 0.143. The predicted molar refractivity (Wildman–Crippen MR) is 69.9 cm³/mol. The van der Waals surface area contributed by atoms with Crippen LogP contribution in [0.1, 0.15) is 11.1 Å². The van der Waals surface area contributed by atoms with Crippen LogP contribution >= 0.6 is 0 Å². The lowest BCUT2D eigenvalue weighted by atomic mass is 10.0. The summed E-state index contributed by atoms with van der Waals surface area (Å²) >= 11 is 0.